The van der Waals surface area contributed by atoms with Crippen molar-refractivity contribution in [3.63, 3.8) is 0 Å². The van der Waals surface area contributed by atoms with Crippen molar-refractivity contribution in [1.82, 2.24) is 9.80 Å². The molecule has 0 aromatic rings. The summed E-state index contributed by atoms with van der Waals surface area (Å²) in [5.41, 5.74) is 0. The van der Waals surface area contributed by atoms with Gasteiger partial charge < -0.3 is 9.80 Å². The maximum absolute atomic E-state index is 11.1. The smallest absolute Gasteiger partial charge is 0.319 e. The van der Waals surface area contributed by atoms with Crippen molar-refractivity contribution in [2.75, 3.05) is 27.7 Å². The van der Waals surface area contributed by atoms with Gasteiger partial charge in [-0.05, 0) is 0 Å². The van der Waals surface area contributed by atoms with Gasteiger partial charge in [0.15, 0.2) is 0 Å². The molecule has 0 bridgehead atoms. The summed E-state index contributed by atoms with van der Waals surface area (Å²) in [7, 11) is 5.17. The lowest BCUT2D eigenvalue weighted by Crippen LogP contribution is -2.36. The Balaban J connectivity index is 3.75. The Morgan fingerprint density at radius 3 is 2.36 bits per heavy atom. The van der Waals surface area contributed by atoms with Gasteiger partial charge in [-0.2, -0.15) is 0 Å². The third-order valence-electron chi connectivity index (χ3n) is 1.30. The highest BCUT2D eigenvalue weighted by Crippen LogP contribution is 1.91. The Kier molecular flexibility index (Phi) is 4.12. The van der Waals surface area contributed by atoms with Gasteiger partial charge in [-0.25, -0.2) is 4.79 Å². The zero-order valence-corrected chi connectivity index (χ0v) is 7.29. The fraction of sp³-hybridized carbons (Fsp3) is 0.625. The molecule has 0 aliphatic rings. The van der Waals surface area contributed by atoms with Crippen molar-refractivity contribution < 1.29 is 4.79 Å². The maximum atomic E-state index is 11.1. The molecule has 2 amide bonds. The number of terminal acetylenes is 1. The highest BCUT2D eigenvalue weighted by Gasteiger charge is 2.08. The number of carbonyl (C=O) groups excluding carboxylic acids is 1. The Bertz CT molecular complexity index is 169. The van der Waals surface area contributed by atoms with E-state index in [1.165, 1.54) is 4.90 Å². The number of urea groups is 1. The van der Waals surface area contributed by atoms with Crippen LogP contribution >= 0.6 is 0 Å². The van der Waals surface area contributed by atoms with Crippen molar-refractivity contribution >= 4 is 6.03 Å². The number of hydrogen-bond donors (Lipinski definition) is 0. The van der Waals surface area contributed by atoms with Crippen molar-refractivity contribution in [3.8, 4) is 12.3 Å². The minimum absolute atomic E-state index is 0.0137. The first kappa shape index (κ1) is 9.83. The number of amides is 2. The molecule has 0 radical (unpaired) electrons. The Hall–Kier alpha value is -1.17. The number of carbonyl (C=O) groups is 1. The predicted molar refractivity (Wildman–Crippen MR) is 45.2 cm³/mol. The van der Waals surface area contributed by atoms with E-state index >= 15 is 0 Å². The molecular weight excluding hydrogens is 140 g/mol. The van der Waals surface area contributed by atoms with Crippen molar-refractivity contribution in [2.45, 2.75) is 6.42 Å². The van der Waals surface area contributed by atoms with Crippen LogP contribution in [0.1, 0.15) is 6.42 Å². The third kappa shape index (κ3) is 3.51. The second-order valence-electron chi connectivity index (χ2n) is 2.55. The molecule has 0 aliphatic carbocycles. The van der Waals surface area contributed by atoms with Crippen LogP contribution in [0.2, 0.25) is 0 Å². The summed E-state index contributed by atoms with van der Waals surface area (Å²) in [5, 5.41) is 0. The lowest BCUT2D eigenvalue weighted by Gasteiger charge is -2.20. The van der Waals surface area contributed by atoms with E-state index in [1.807, 2.05) is 0 Å². The summed E-state index contributed by atoms with van der Waals surface area (Å²) in [6.07, 6.45) is 5.66. The lowest BCUT2D eigenvalue weighted by molar-refractivity contribution is 0.183. The second kappa shape index (κ2) is 4.62. The van der Waals surface area contributed by atoms with Gasteiger partial charge >= 0.3 is 6.03 Å². The monoisotopic (exact) mass is 154 g/mol. The van der Waals surface area contributed by atoms with Crippen LogP contribution in [0, 0.1) is 12.3 Å². The van der Waals surface area contributed by atoms with Gasteiger partial charge in [-0.3, -0.25) is 0 Å². The van der Waals surface area contributed by atoms with E-state index in [4.69, 9.17) is 6.42 Å². The third-order valence-corrected chi connectivity index (χ3v) is 1.30. The van der Waals surface area contributed by atoms with Gasteiger partial charge in [-0.1, -0.05) is 0 Å². The summed E-state index contributed by atoms with van der Waals surface area (Å²) < 4.78 is 0. The minimum atomic E-state index is -0.0137. The van der Waals surface area contributed by atoms with E-state index in [9.17, 15) is 4.79 Å². The molecule has 0 N–H and O–H groups in total. The molecule has 0 saturated heterocycles. The molecule has 62 valence electrons. The summed E-state index contributed by atoms with van der Waals surface area (Å²) in [5.74, 6) is 2.48. The van der Waals surface area contributed by atoms with E-state index < -0.39 is 0 Å². The fourth-order valence-electron chi connectivity index (χ4n) is 0.669. The van der Waals surface area contributed by atoms with Crippen LogP contribution < -0.4 is 0 Å². The highest BCUT2D eigenvalue weighted by atomic mass is 16.2. The Morgan fingerprint density at radius 2 is 2.00 bits per heavy atom. The van der Waals surface area contributed by atoms with Gasteiger partial charge in [0, 0.05) is 34.1 Å². The first-order valence-corrected chi connectivity index (χ1v) is 3.45. The van der Waals surface area contributed by atoms with Gasteiger partial charge in [0.05, 0.1) is 0 Å². The van der Waals surface area contributed by atoms with E-state index in [-0.39, 0.29) is 6.03 Å². The van der Waals surface area contributed by atoms with Gasteiger partial charge in [0.2, 0.25) is 0 Å². The molecule has 0 unspecified atom stereocenters. The van der Waals surface area contributed by atoms with Crippen LogP contribution in [0.5, 0.6) is 0 Å². The van der Waals surface area contributed by atoms with Crippen LogP contribution in [-0.4, -0.2) is 43.5 Å². The summed E-state index contributed by atoms with van der Waals surface area (Å²) in [6, 6.07) is -0.0137. The molecule has 11 heavy (non-hydrogen) atoms. The summed E-state index contributed by atoms with van der Waals surface area (Å²) >= 11 is 0. The normalized spacial score (nSPS) is 8.55. The van der Waals surface area contributed by atoms with Crippen LogP contribution in [0.3, 0.4) is 0 Å². The standard InChI is InChI=1S/C8H14N2O/c1-5-6-7-10(4)8(11)9(2)3/h1H,6-7H2,2-4H3. The van der Waals surface area contributed by atoms with Crippen molar-refractivity contribution in [3.05, 3.63) is 0 Å². The molecule has 3 nitrogen and oxygen atoms in total. The number of hydrogen-bond acceptors (Lipinski definition) is 1. The topological polar surface area (TPSA) is 23.6 Å². The van der Waals surface area contributed by atoms with E-state index in [0.717, 1.165) is 0 Å². The largest absolute Gasteiger partial charge is 0.331 e. The zero-order chi connectivity index (χ0) is 8.85. The first-order chi connectivity index (χ1) is 5.09. The molecule has 0 rings (SSSR count). The molecule has 0 saturated carbocycles. The van der Waals surface area contributed by atoms with Crippen molar-refractivity contribution in [1.29, 1.82) is 0 Å². The fourth-order valence-corrected chi connectivity index (χ4v) is 0.669. The number of rotatable bonds is 2. The second-order valence-corrected chi connectivity index (χ2v) is 2.55. The van der Waals surface area contributed by atoms with E-state index in [0.29, 0.717) is 13.0 Å². The molecule has 0 atom stereocenters. The quantitative estimate of drug-likeness (QED) is 0.535. The van der Waals surface area contributed by atoms with Crippen molar-refractivity contribution in [2.24, 2.45) is 0 Å². The number of nitrogens with zero attached hydrogens (tertiary/aromatic N) is 2. The Labute approximate surface area is 68.0 Å². The van der Waals surface area contributed by atoms with Crippen LogP contribution in [-0.2, 0) is 0 Å². The lowest BCUT2D eigenvalue weighted by atomic mass is 10.4. The highest BCUT2D eigenvalue weighted by molar-refractivity contribution is 5.73. The van der Waals surface area contributed by atoms with Crippen LogP contribution in [0.15, 0.2) is 0 Å². The SMILES string of the molecule is C#CCCN(C)C(=O)N(C)C. The van der Waals surface area contributed by atoms with Gasteiger partial charge in [0.25, 0.3) is 0 Å². The van der Waals surface area contributed by atoms with Crippen LogP contribution in [0.25, 0.3) is 0 Å². The molecule has 3 heteroatoms. The Morgan fingerprint density at radius 1 is 1.45 bits per heavy atom. The van der Waals surface area contributed by atoms with Crippen LogP contribution in [0.4, 0.5) is 4.79 Å². The maximum Gasteiger partial charge on any atom is 0.319 e. The molecular formula is C8H14N2O. The molecule has 0 spiro atoms. The first-order valence-electron chi connectivity index (χ1n) is 3.45. The molecule has 0 heterocycles. The molecule has 0 aromatic carbocycles. The van der Waals surface area contributed by atoms with Gasteiger partial charge in [0.1, 0.15) is 0 Å². The summed E-state index contributed by atoms with van der Waals surface area (Å²) in [4.78, 5) is 14.3. The van der Waals surface area contributed by atoms with E-state index in [2.05, 4.69) is 5.92 Å². The minimum Gasteiger partial charge on any atom is -0.331 e. The average Bonchev–Trinajstić information content (AvgIpc) is 1.98. The molecule has 0 aromatic heterocycles. The molecule has 0 fully saturated rings. The molecule has 0 aliphatic heterocycles. The predicted octanol–water partition coefficient (Wildman–Crippen LogP) is 0.623. The average molecular weight is 154 g/mol. The zero-order valence-electron chi connectivity index (χ0n) is 7.29. The van der Waals surface area contributed by atoms with E-state index in [1.54, 1.807) is 26.0 Å². The summed E-state index contributed by atoms with van der Waals surface area (Å²) in [6.45, 7) is 0.619. The van der Waals surface area contributed by atoms with Gasteiger partial charge in [-0.15, -0.1) is 12.3 Å².